The summed E-state index contributed by atoms with van der Waals surface area (Å²) in [6.45, 7) is -0.0550. The minimum Gasteiger partial charge on any atom is -0.484 e. The number of benzene rings is 1. The van der Waals surface area contributed by atoms with Crippen LogP contribution >= 0.6 is 22.9 Å². The first kappa shape index (κ1) is 14.7. The molecule has 0 aliphatic heterocycles. The fourth-order valence-corrected chi connectivity index (χ4v) is 2.38. The molecule has 0 fully saturated rings. The number of carbonyl (C=O) groups excluding carboxylic acids is 1. The zero-order chi connectivity index (χ0) is 14.2. The standard InChI is InChI=1S/C13H14ClN3O2S/c14-8-4-7-12-16-17-13(20-12)15-11(18)9-19-10-5-2-1-3-6-10/h1-3,5-6H,4,7-9H2,(H,15,17,18). The molecule has 0 aliphatic rings. The van der Waals surface area contributed by atoms with Gasteiger partial charge in [-0.15, -0.1) is 21.8 Å². The molecule has 0 spiro atoms. The van der Waals surface area contributed by atoms with Gasteiger partial charge >= 0.3 is 0 Å². The second-order valence-electron chi connectivity index (χ2n) is 3.94. The van der Waals surface area contributed by atoms with Crippen LogP contribution in [0.3, 0.4) is 0 Å². The molecule has 0 unspecified atom stereocenters. The van der Waals surface area contributed by atoms with Crippen molar-refractivity contribution in [3.8, 4) is 5.75 Å². The number of aryl methyl sites for hydroxylation is 1. The molecular formula is C13H14ClN3O2S. The van der Waals surface area contributed by atoms with E-state index in [9.17, 15) is 4.79 Å². The van der Waals surface area contributed by atoms with Crippen LogP contribution in [0.2, 0.25) is 0 Å². The Hall–Kier alpha value is -1.66. The van der Waals surface area contributed by atoms with E-state index in [-0.39, 0.29) is 12.5 Å². The first-order chi connectivity index (χ1) is 9.78. The van der Waals surface area contributed by atoms with Gasteiger partial charge in [0.1, 0.15) is 10.8 Å². The molecule has 0 atom stereocenters. The maximum absolute atomic E-state index is 11.7. The van der Waals surface area contributed by atoms with E-state index in [4.69, 9.17) is 16.3 Å². The van der Waals surface area contributed by atoms with Crippen molar-refractivity contribution in [3.05, 3.63) is 35.3 Å². The van der Waals surface area contributed by atoms with Crippen molar-refractivity contribution in [2.45, 2.75) is 12.8 Å². The van der Waals surface area contributed by atoms with Crippen LogP contribution in [0.15, 0.2) is 30.3 Å². The summed E-state index contributed by atoms with van der Waals surface area (Å²) >= 11 is 6.97. The van der Waals surface area contributed by atoms with Gasteiger partial charge < -0.3 is 4.74 Å². The molecule has 20 heavy (non-hydrogen) atoms. The minimum atomic E-state index is -0.256. The Bertz CT molecular complexity index is 548. The van der Waals surface area contributed by atoms with Gasteiger partial charge in [-0.25, -0.2) is 0 Å². The Balaban J connectivity index is 1.78. The molecule has 5 nitrogen and oxygen atoms in total. The maximum Gasteiger partial charge on any atom is 0.264 e. The molecule has 0 saturated heterocycles. The highest BCUT2D eigenvalue weighted by Crippen LogP contribution is 2.16. The number of nitrogens with one attached hydrogen (secondary N) is 1. The monoisotopic (exact) mass is 311 g/mol. The van der Waals surface area contributed by atoms with Crippen molar-refractivity contribution < 1.29 is 9.53 Å². The molecule has 1 heterocycles. The normalized spacial score (nSPS) is 10.2. The number of rotatable bonds is 7. The largest absolute Gasteiger partial charge is 0.484 e. The second-order valence-corrected chi connectivity index (χ2v) is 5.38. The first-order valence-corrected chi connectivity index (χ1v) is 7.49. The smallest absolute Gasteiger partial charge is 0.264 e. The van der Waals surface area contributed by atoms with Crippen LogP contribution in [-0.2, 0) is 11.2 Å². The summed E-state index contributed by atoms with van der Waals surface area (Å²) in [6.07, 6.45) is 1.62. The third-order valence-corrected chi connectivity index (χ3v) is 3.52. The predicted molar refractivity (Wildman–Crippen MR) is 79.5 cm³/mol. The van der Waals surface area contributed by atoms with E-state index >= 15 is 0 Å². The molecule has 0 bridgehead atoms. The predicted octanol–water partition coefficient (Wildman–Crippen LogP) is 2.73. The van der Waals surface area contributed by atoms with Crippen LogP contribution in [-0.4, -0.2) is 28.6 Å². The summed E-state index contributed by atoms with van der Waals surface area (Å²) in [5.41, 5.74) is 0. The Morgan fingerprint density at radius 2 is 2.10 bits per heavy atom. The van der Waals surface area contributed by atoms with E-state index in [1.54, 1.807) is 12.1 Å². The van der Waals surface area contributed by atoms with Gasteiger partial charge in [0.25, 0.3) is 5.91 Å². The number of amides is 1. The Kier molecular flexibility index (Phi) is 5.76. The molecule has 0 aliphatic carbocycles. The minimum absolute atomic E-state index is 0.0550. The summed E-state index contributed by atoms with van der Waals surface area (Å²) < 4.78 is 5.34. The summed E-state index contributed by atoms with van der Waals surface area (Å²) in [6, 6.07) is 9.17. The van der Waals surface area contributed by atoms with Crippen molar-refractivity contribution in [1.29, 1.82) is 0 Å². The van der Waals surface area contributed by atoms with Gasteiger partial charge in [-0.1, -0.05) is 29.5 Å². The van der Waals surface area contributed by atoms with E-state index in [1.165, 1.54) is 11.3 Å². The Morgan fingerprint density at radius 1 is 1.30 bits per heavy atom. The van der Waals surface area contributed by atoms with Crippen LogP contribution in [0.5, 0.6) is 5.75 Å². The molecule has 1 aromatic carbocycles. The van der Waals surface area contributed by atoms with Gasteiger partial charge in [0.05, 0.1) is 0 Å². The van der Waals surface area contributed by atoms with E-state index in [0.717, 1.165) is 17.8 Å². The number of hydrogen-bond donors (Lipinski definition) is 1. The molecule has 1 N–H and O–H groups in total. The van der Waals surface area contributed by atoms with Crippen molar-refractivity contribution >= 4 is 34.0 Å². The molecule has 7 heteroatoms. The number of aromatic nitrogens is 2. The van der Waals surface area contributed by atoms with Gasteiger partial charge in [0.2, 0.25) is 5.13 Å². The van der Waals surface area contributed by atoms with Crippen molar-refractivity contribution in [2.75, 3.05) is 17.8 Å². The lowest BCUT2D eigenvalue weighted by Crippen LogP contribution is -2.20. The molecule has 0 radical (unpaired) electrons. The molecule has 1 amide bonds. The van der Waals surface area contributed by atoms with E-state index in [1.807, 2.05) is 18.2 Å². The topological polar surface area (TPSA) is 64.1 Å². The van der Waals surface area contributed by atoms with Crippen molar-refractivity contribution in [2.24, 2.45) is 0 Å². The average Bonchev–Trinajstić information content (AvgIpc) is 2.91. The lowest BCUT2D eigenvalue weighted by atomic mass is 10.3. The van der Waals surface area contributed by atoms with Gasteiger partial charge in [-0.05, 0) is 18.6 Å². The third-order valence-electron chi connectivity index (χ3n) is 2.35. The van der Waals surface area contributed by atoms with Crippen LogP contribution in [0, 0.1) is 0 Å². The highest BCUT2D eigenvalue weighted by Gasteiger charge is 2.08. The highest BCUT2D eigenvalue weighted by atomic mass is 35.5. The van der Waals surface area contributed by atoms with Crippen molar-refractivity contribution in [3.63, 3.8) is 0 Å². The Labute approximate surface area is 125 Å². The summed E-state index contributed by atoms with van der Waals surface area (Å²) in [5, 5.41) is 11.9. The molecule has 0 saturated carbocycles. The lowest BCUT2D eigenvalue weighted by Gasteiger charge is -2.04. The average molecular weight is 312 g/mol. The zero-order valence-electron chi connectivity index (χ0n) is 10.7. The summed E-state index contributed by atoms with van der Waals surface area (Å²) in [5.74, 6) is 0.989. The maximum atomic E-state index is 11.7. The number of carbonyl (C=O) groups is 1. The van der Waals surface area contributed by atoms with Crippen LogP contribution in [0.4, 0.5) is 5.13 Å². The van der Waals surface area contributed by atoms with Gasteiger partial charge in [0, 0.05) is 12.3 Å². The molecule has 106 valence electrons. The Morgan fingerprint density at radius 3 is 2.85 bits per heavy atom. The number of halogens is 1. The summed E-state index contributed by atoms with van der Waals surface area (Å²) in [7, 11) is 0. The quantitative estimate of drug-likeness (QED) is 0.799. The van der Waals surface area contributed by atoms with E-state index in [2.05, 4.69) is 15.5 Å². The number of nitrogens with zero attached hydrogens (tertiary/aromatic N) is 2. The number of para-hydroxylation sites is 1. The van der Waals surface area contributed by atoms with E-state index in [0.29, 0.717) is 16.8 Å². The van der Waals surface area contributed by atoms with Crippen LogP contribution < -0.4 is 10.1 Å². The van der Waals surface area contributed by atoms with Crippen LogP contribution in [0.1, 0.15) is 11.4 Å². The van der Waals surface area contributed by atoms with Crippen molar-refractivity contribution in [1.82, 2.24) is 10.2 Å². The third kappa shape index (κ3) is 4.79. The second kappa shape index (κ2) is 7.81. The first-order valence-electron chi connectivity index (χ1n) is 6.14. The fraction of sp³-hybridized carbons (Fsp3) is 0.308. The van der Waals surface area contributed by atoms with Crippen LogP contribution in [0.25, 0.3) is 0 Å². The molecule has 1 aromatic heterocycles. The molecule has 2 rings (SSSR count). The molecule has 2 aromatic rings. The summed E-state index contributed by atoms with van der Waals surface area (Å²) in [4.78, 5) is 11.7. The SMILES string of the molecule is O=C(COc1ccccc1)Nc1nnc(CCCCl)s1. The highest BCUT2D eigenvalue weighted by molar-refractivity contribution is 7.15. The number of ether oxygens (including phenoxy) is 1. The van der Waals surface area contributed by atoms with Gasteiger partial charge in [0.15, 0.2) is 6.61 Å². The van der Waals surface area contributed by atoms with E-state index < -0.39 is 0 Å². The zero-order valence-corrected chi connectivity index (χ0v) is 12.3. The van der Waals surface area contributed by atoms with Gasteiger partial charge in [-0.2, -0.15) is 0 Å². The number of anilines is 1. The fourth-order valence-electron chi connectivity index (χ4n) is 1.44. The number of alkyl halides is 1. The molecular weight excluding hydrogens is 298 g/mol. The van der Waals surface area contributed by atoms with Gasteiger partial charge in [-0.3, -0.25) is 10.1 Å². The number of hydrogen-bond acceptors (Lipinski definition) is 5. The lowest BCUT2D eigenvalue weighted by molar-refractivity contribution is -0.118.